The monoisotopic (exact) mass is 221 g/mol. The van der Waals surface area contributed by atoms with Gasteiger partial charge in [-0.1, -0.05) is 15.9 Å². The van der Waals surface area contributed by atoms with Crippen LogP contribution in [0.25, 0.3) is 0 Å². The molecule has 0 unspecified atom stereocenters. The summed E-state index contributed by atoms with van der Waals surface area (Å²) in [5.74, 6) is 0. The van der Waals surface area contributed by atoms with E-state index in [0.29, 0.717) is 11.9 Å². The third kappa shape index (κ3) is 6.68. The standard InChI is InChI=1S/C2H5BrClNO2S/c3-1-2-5-8(4,6)7/h5H,1-2H2. The highest BCUT2D eigenvalue weighted by Gasteiger charge is 1.99. The van der Waals surface area contributed by atoms with Crippen LogP contribution in [0, 0.1) is 0 Å². The first-order valence-corrected chi connectivity index (χ1v) is 5.24. The summed E-state index contributed by atoms with van der Waals surface area (Å²) in [4.78, 5) is 0. The normalized spacial score (nSPS) is 11.8. The van der Waals surface area contributed by atoms with E-state index >= 15 is 0 Å². The van der Waals surface area contributed by atoms with Gasteiger partial charge in [0.25, 0.3) is 9.24 Å². The van der Waals surface area contributed by atoms with Gasteiger partial charge in [0.05, 0.1) is 0 Å². The maximum absolute atomic E-state index is 10.0. The summed E-state index contributed by atoms with van der Waals surface area (Å²) in [7, 11) is 1.26. The average molecular weight is 222 g/mol. The van der Waals surface area contributed by atoms with Gasteiger partial charge >= 0.3 is 0 Å². The fourth-order valence-electron chi connectivity index (χ4n) is 0.160. The summed E-state index contributed by atoms with van der Waals surface area (Å²) < 4.78 is 22.1. The molecule has 3 nitrogen and oxygen atoms in total. The number of nitrogens with one attached hydrogen (secondary N) is 1. The summed E-state index contributed by atoms with van der Waals surface area (Å²) >= 11 is 3.02. The van der Waals surface area contributed by atoms with Crippen molar-refractivity contribution in [2.75, 3.05) is 11.9 Å². The predicted molar refractivity (Wildman–Crippen MR) is 36.6 cm³/mol. The first-order chi connectivity index (χ1) is 3.56. The fourth-order valence-corrected chi connectivity index (χ4v) is 1.20. The summed E-state index contributed by atoms with van der Waals surface area (Å²) in [5, 5.41) is 0.568. The van der Waals surface area contributed by atoms with Crippen LogP contribution in [0.2, 0.25) is 0 Å². The van der Waals surface area contributed by atoms with Crippen molar-refractivity contribution < 1.29 is 8.42 Å². The lowest BCUT2D eigenvalue weighted by Gasteiger charge is -1.92. The predicted octanol–water partition coefficient (Wildman–Crippen LogP) is 0.455. The van der Waals surface area contributed by atoms with Crippen LogP contribution in [-0.4, -0.2) is 20.3 Å². The van der Waals surface area contributed by atoms with E-state index in [1.807, 2.05) is 0 Å². The molecule has 0 aliphatic carbocycles. The number of hydrogen-bond donors (Lipinski definition) is 1. The molecule has 6 heteroatoms. The zero-order valence-corrected chi connectivity index (χ0v) is 7.05. The molecule has 0 atom stereocenters. The molecule has 1 N–H and O–H groups in total. The Bertz CT molecular complexity index is 144. The van der Waals surface area contributed by atoms with Gasteiger partial charge in [-0.05, 0) is 0 Å². The molecule has 0 aliphatic heterocycles. The van der Waals surface area contributed by atoms with Gasteiger partial charge in [0, 0.05) is 22.6 Å². The van der Waals surface area contributed by atoms with Gasteiger partial charge in [0.15, 0.2) is 0 Å². The molecule has 8 heavy (non-hydrogen) atoms. The first-order valence-electron chi connectivity index (χ1n) is 1.81. The average Bonchev–Trinajstić information content (AvgIpc) is 1.59. The number of hydrogen-bond acceptors (Lipinski definition) is 2. The Morgan fingerprint density at radius 2 is 2.12 bits per heavy atom. The van der Waals surface area contributed by atoms with Crippen LogP contribution in [0.3, 0.4) is 0 Å². The zero-order chi connectivity index (χ0) is 6.62. The van der Waals surface area contributed by atoms with Gasteiger partial charge in [-0.2, -0.15) is 8.42 Å². The van der Waals surface area contributed by atoms with Crippen molar-refractivity contribution in [3.8, 4) is 0 Å². The SMILES string of the molecule is O=S(=O)(Cl)NCCBr. The Kier molecular flexibility index (Phi) is 3.97. The highest BCUT2D eigenvalue weighted by molar-refractivity contribution is 9.09. The molecule has 50 valence electrons. The van der Waals surface area contributed by atoms with Crippen LogP contribution in [0.5, 0.6) is 0 Å². The second kappa shape index (κ2) is 3.66. The number of alkyl halides is 1. The van der Waals surface area contributed by atoms with Crippen molar-refractivity contribution >= 4 is 35.8 Å². The van der Waals surface area contributed by atoms with Crippen LogP contribution >= 0.6 is 26.6 Å². The maximum atomic E-state index is 10.0. The molecule has 0 bridgehead atoms. The zero-order valence-electron chi connectivity index (χ0n) is 3.89. The third-order valence-corrected chi connectivity index (χ3v) is 1.64. The molecule has 0 amide bonds. The third-order valence-electron chi connectivity index (χ3n) is 0.369. The minimum Gasteiger partial charge on any atom is -0.201 e. The van der Waals surface area contributed by atoms with Gasteiger partial charge in [-0.3, -0.25) is 0 Å². The van der Waals surface area contributed by atoms with Crippen LogP contribution < -0.4 is 4.72 Å². The van der Waals surface area contributed by atoms with Gasteiger partial charge in [-0.25, -0.2) is 4.72 Å². The van der Waals surface area contributed by atoms with Crippen LogP contribution in [0.1, 0.15) is 0 Å². The number of halogens is 2. The minimum atomic E-state index is -3.49. The highest BCUT2D eigenvalue weighted by Crippen LogP contribution is 1.88. The molecule has 0 heterocycles. The van der Waals surface area contributed by atoms with E-state index in [-0.39, 0.29) is 0 Å². The molecule has 0 aromatic carbocycles. The molecule has 0 saturated heterocycles. The van der Waals surface area contributed by atoms with Crippen LogP contribution in [-0.2, 0) is 9.24 Å². The lowest BCUT2D eigenvalue weighted by atomic mass is 10.8. The molecule has 0 radical (unpaired) electrons. The molecule has 0 aromatic rings. The number of rotatable bonds is 3. The smallest absolute Gasteiger partial charge is 0.201 e. The second-order valence-electron chi connectivity index (χ2n) is 1.02. The van der Waals surface area contributed by atoms with E-state index in [1.165, 1.54) is 0 Å². The van der Waals surface area contributed by atoms with Gasteiger partial charge in [-0.15, -0.1) is 0 Å². The van der Waals surface area contributed by atoms with E-state index in [9.17, 15) is 8.42 Å². The molecule has 0 aromatic heterocycles. The molecule has 0 aliphatic rings. The fraction of sp³-hybridized carbons (Fsp3) is 1.00. The summed E-state index contributed by atoms with van der Waals surface area (Å²) in [6.07, 6.45) is 0. The van der Waals surface area contributed by atoms with Crippen molar-refractivity contribution in [3.05, 3.63) is 0 Å². The topological polar surface area (TPSA) is 46.2 Å². The first kappa shape index (κ1) is 8.68. The van der Waals surface area contributed by atoms with Gasteiger partial charge in [0.2, 0.25) is 0 Å². The highest BCUT2D eigenvalue weighted by atomic mass is 79.9. The van der Waals surface area contributed by atoms with Crippen molar-refractivity contribution in [2.24, 2.45) is 0 Å². The Labute approximate surface area is 61.1 Å². The summed E-state index contributed by atoms with van der Waals surface area (Å²) in [6, 6.07) is 0. The molecular weight excluding hydrogens is 217 g/mol. The Balaban J connectivity index is 3.42. The Morgan fingerprint density at radius 1 is 1.62 bits per heavy atom. The van der Waals surface area contributed by atoms with E-state index in [4.69, 9.17) is 10.7 Å². The van der Waals surface area contributed by atoms with Crippen LogP contribution in [0.15, 0.2) is 0 Å². The quantitative estimate of drug-likeness (QED) is 0.557. The van der Waals surface area contributed by atoms with Gasteiger partial charge < -0.3 is 0 Å². The lowest BCUT2D eigenvalue weighted by molar-refractivity contribution is 0.599. The maximum Gasteiger partial charge on any atom is 0.297 e. The Morgan fingerprint density at radius 3 is 2.25 bits per heavy atom. The van der Waals surface area contributed by atoms with E-state index < -0.39 is 9.24 Å². The van der Waals surface area contributed by atoms with Gasteiger partial charge in [0.1, 0.15) is 0 Å². The molecule has 0 saturated carbocycles. The summed E-state index contributed by atoms with van der Waals surface area (Å²) in [6.45, 7) is 0.325. The van der Waals surface area contributed by atoms with Crippen molar-refractivity contribution in [1.82, 2.24) is 4.72 Å². The largest absolute Gasteiger partial charge is 0.297 e. The molecule has 0 spiro atoms. The summed E-state index contributed by atoms with van der Waals surface area (Å²) in [5.41, 5.74) is 0. The second-order valence-corrected chi connectivity index (χ2v) is 4.20. The molecular formula is C2H5BrClNO2S. The lowest BCUT2D eigenvalue weighted by Crippen LogP contribution is -2.19. The Hall–Kier alpha value is 0.680. The van der Waals surface area contributed by atoms with Crippen molar-refractivity contribution in [3.63, 3.8) is 0 Å². The van der Waals surface area contributed by atoms with Crippen molar-refractivity contribution in [1.29, 1.82) is 0 Å². The minimum absolute atomic E-state index is 0.325. The van der Waals surface area contributed by atoms with Crippen LogP contribution in [0.4, 0.5) is 0 Å². The van der Waals surface area contributed by atoms with Crippen molar-refractivity contribution in [2.45, 2.75) is 0 Å². The van der Waals surface area contributed by atoms with E-state index in [2.05, 4.69) is 20.7 Å². The molecule has 0 rings (SSSR count). The van der Waals surface area contributed by atoms with E-state index in [0.717, 1.165) is 0 Å². The van der Waals surface area contributed by atoms with E-state index in [1.54, 1.807) is 0 Å². The molecule has 0 fully saturated rings.